The van der Waals surface area contributed by atoms with Gasteiger partial charge in [0, 0.05) is 18.0 Å². The van der Waals surface area contributed by atoms with Gasteiger partial charge in [0.05, 0.1) is 18.2 Å². The molecule has 1 atom stereocenters. The van der Waals surface area contributed by atoms with Crippen LogP contribution in [0.25, 0.3) is 0 Å². The van der Waals surface area contributed by atoms with Gasteiger partial charge in [0.25, 0.3) is 0 Å². The minimum atomic E-state index is 0.493. The summed E-state index contributed by atoms with van der Waals surface area (Å²) in [6.07, 6.45) is 3.08. The van der Waals surface area contributed by atoms with E-state index in [1.54, 1.807) is 11.3 Å². The van der Waals surface area contributed by atoms with Gasteiger partial charge in [-0.05, 0) is 25.7 Å². The first-order valence-electron chi connectivity index (χ1n) is 5.79. The molecule has 3 nitrogen and oxygen atoms in total. The molecule has 0 radical (unpaired) electrons. The molecule has 0 aliphatic carbocycles. The summed E-state index contributed by atoms with van der Waals surface area (Å²) in [5.74, 6) is 0.761. The number of aryl methyl sites for hydroxylation is 1. The molecule has 86 valence electrons. The van der Waals surface area contributed by atoms with Crippen molar-refractivity contribution in [3.05, 3.63) is 10.6 Å². The van der Waals surface area contributed by atoms with Crippen molar-refractivity contribution in [1.82, 2.24) is 4.98 Å². The van der Waals surface area contributed by atoms with Crippen molar-refractivity contribution in [1.29, 1.82) is 5.26 Å². The van der Waals surface area contributed by atoms with Gasteiger partial charge in [0.1, 0.15) is 0 Å². The standard InChI is InChI=1S/C12H17N3S/c1-9-4-3-7-15(8-9)12-14-10(2)11(16-12)5-6-13/h9H,3-5,7-8H2,1-2H3. The maximum Gasteiger partial charge on any atom is 0.185 e. The average Bonchev–Trinajstić information content (AvgIpc) is 2.61. The van der Waals surface area contributed by atoms with E-state index in [2.05, 4.69) is 22.9 Å². The topological polar surface area (TPSA) is 39.9 Å². The van der Waals surface area contributed by atoms with Crippen LogP contribution in [-0.4, -0.2) is 18.1 Å². The van der Waals surface area contributed by atoms with E-state index in [0.29, 0.717) is 6.42 Å². The maximum absolute atomic E-state index is 8.72. The van der Waals surface area contributed by atoms with E-state index < -0.39 is 0 Å². The zero-order valence-electron chi connectivity index (χ0n) is 9.86. The molecule has 1 aliphatic heterocycles. The molecule has 1 aliphatic rings. The van der Waals surface area contributed by atoms with Crippen LogP contribution in [0.3, 0.4) is 0 Å². The first kappa shape index (κ1) is 11.4. The molecule has 1 fully saturated rings. The van der Waals surface area contributed by atoms with Gasteiger partial charge >= 0.3 is 0 Å². The lowest BCUT2D eigenvalue weighted by atomic mass is 10.0. The molecule has 0 bridgehead atoms. The molecule has 0 spiro atoms. The van der Waals surface area contributed by atoms with Crippen LogP contribution < -0.4 is 4.90 Å². The first-order valence-corrected chi connectivity index (χ1v) is 6.60. The highest BCUT2D eigenvalue weighted by Gasteiger charge is 2.20. The number of hydrogen-bond acceptors (Lipinski definition) is 4. The summed E-state index contributed by atoms with van der Waals surface area (Å²) in [7, 11) is 0. The van der Waals surface area contributed by atoms with E-state index in [-0.39, 0.29) is 0 Å². The largest absolute Gasteiger partial charge is 0.348 e. The van der Waals surface area contributed by atoms with Crippen LogP contribution in [0.1, 0.15) is 30.3 Å². The fourth-order valence-electron chi connectivity index (χ4n) is 2.15. The number of thiazole rings is 1. The third-order valence-electron chi connectivity index (χ3n) is 3.05. The Kier molecular flexibility index (Phi) is 3.45. The molecule has 1 unspecified atom stereocenters. The molecule has 16 heavy (non-hydrogen) atoms. The zero-order chi connectivity index (χ0) is 11.5. The Labute approximate surface area is 101 Å². The highest BCUT2D eigenvalue weighted by molar-refractivity contribution is 7.15. The monoisotopic (exact) mass is 235 g/mol. The highest BCUT2D eigenvalue weighted by Crippen LogP contribution is 2.29. The summed E-state index contributed by atoms with van der Waals surface area (Å²) in [6, 6.07) is 2.20. The number of nitriles is 1. The van der Waals surface area contributed by atoms with Gasteiger partial charge in [-0.15, -0.1) is 11.3 Å². The molecule has 0 saturated carbocycles. The maximum atomic E-state index is 8.72. The summed E-state index contributed by atoms with van der Waals surface area (Å²) < 4.78 is 0. The average molecular weight is 235 g/mol. The van der Waals surface area contributed by atoms with Crippen LogP contribution in [-0.2, 0) is 6.42 Å². The van der Waals surface area contributed by atoms with Crippen LogP contribution in [0.15, 0.2) is 0 Å². The van der Waals surface area contributed by atoms with Gasteiger partial charge in [-0.2, -0.15) is 5.26 Å². The molecular weight excluding hydrogens is 218 g/mol. The fourth-order valence-corrected chi connectivity index (χ4v) is 3.17. The van der Waals surface area contributed by atoms with E-state index >= 15 is 0 Å². The minimum Gasteiger partial charge on any atom is -0.348 e. The van der Waals surface area contributed by atoms with Crippen LogP contribution in [0, 0.1) is 24.2 Å². The van der Waals surface area contributed by atoms with Crippen LogP contribution >= 0.6 is 11.3 Å². The van der Waals surface area contributed by atoms with Crippen LogP contribution in [0.4, 0.5) is 5.13 Å². The Morgan fingerprint density at radius 3 is 3.12 bits per heavy atom. The van der Waals surface area contributed by atoms with Crippen molar-refractivity contribution < 1.29 is 0 Å². The lowest BCUT2D eigenvalue weighted by Gasteiger charge is -2.30. The van der Waals surface area contributed by atoms with Gasteiger partial charge < -0.3 is 4.90 Å². The van der Waals surface area contributed by atoms with E-state index in [9.17, 15) is 0 Å². The Bertz CT molecular complexity index is 405. The van der Waals surface area contributed by atoms with E-state index in [4.69, 9.17) is 5.26 Å². The quantitative estimate of drug-likeness (QED) is 0.791. The van der Waals surface area contributed by atoms with Crippen molar-refractivity contribution in [2.24, 2.45) is 5.92 Å². The molecule has 0 aromatic carbocycles. The van der Waals surface area contributed by atoms with Gasteiger partial charge in [0.2, 0.25) is 0 Å². The summed E-state index contributed by atoms with van der Waals surface area (Å²) in [6.45, 7) is 6.52. The number of rotatable bonds is 2. The molecule has 0 amide bonds. The van der Waals surface area contributed by atoms with Crippen LogP contribution in [0.5, 0.6) is 0 Å². The second kappa shape index (κ2) is 4.84. The molecule has 1 aromatic heterocycles. The molecular formula is C12H17N3S. The highest BCUT2D eigenvalue weighted by atomic mass is 32.1. The Hall–Kier alpha value is -1.08. The zero-order valence-corrected chi connectivity index (χ0v) is 10.7. The van der Waals surface area contributed by atoms with Gasteiger partial charge in [-0.25, -0.2) is 4.98 Å². The van der Waals surface area contributed by atoms with E-state index in [0.717, 1.165) is 34.7 Å². The van der Waals surface area contributed by atoms with Crippen molar-refractivity contribution in [3.8, 4) is 6.07 Å². The normalized spacial score (nSPS) is 20.8. The summed E-state index contributed by atoms with van der Waals surface area (Å²) >= 11 is 1.68. The SMILES string of the molecule is Cc1nc(N2CCCC(C)C2)sc1CC#N. The Balaban J connectivity index is 2.14. The van der Waals surface area contributed by atoms with Crippen molar-refractivity contribution in [3.63, 3.8) is 0 Å². The Morgan fingerprint density at radius 1 is 1.62 bits per heavy atom. The van der Waals surface area contributed by atoms with E-state index in [1.165, 1.54) is 12.8 Å². The molecule has 2 rings (SSSR count). The second-order valence-electron chi connectivity index (χ2n) is 4.53. The minimum absolute atomic E-state index is 0.493. The van der Waals surface area contributed by atoms with Crippen molar-refractivity contribution in [2.45, 2.75) is 33.1 Å². The van der Waals surface area contributed by atoms with Gasteiger partial charge in [-0.3, -0.25) is 0 Å². The lowest BCUT2D eigenvalue weighted by molar-refractivity contribution is 0.446. The summed E-state index contributed by atoms with van der Waals surface area (Å²) in [5, 5.41) is 9.83. The Morgan fingerprint density at radius 2 is 2.44 bits per heavy atom. The van der Waals surface area contributed by atoms with Crippen molar-refractivity contribution >= 4 is 16.5 Å². The predicted molar refractivity (Wildman–Crippen MR) is 66.8 cm³/mol. The first-order chi connectivity index (χ1) is 7.70. The summed E-state index contributed by atoms with van der Waals surface area (Å²) in [5.41, 5.74) is 1.03. The lowest BCUT2D eigenvalue weighted by Crippen LogP contribution is -2.34. The number of hydrogen-bond donors (Lipinski definition) is 0. The van der Waals surface area contributed by atoms with Crippen LogP contribution in [0.2, 0.25) is 0 Å². The molecule has 2 heterocycles. The molecule has 0 N–H and O–H groups in total. The molecule has 1 saturated heterocycles. The van der Waals surface area contributed by atoms with E-state index in [1.807, 2.05) is 6.92 Å². The third kappa shape index (κ3) is 2.35. The number of aromatic nitrogens is 1. The number of anilines is 1. The number of nitrogens with zero attached hydrogens (tertiary/aromatic N) is 3. The fraction of sp³-hybridized carbons (Fsp3) is 0.667. The summed E-state index contributed by atoms with van der Waals surface area (Å²) in [4.78, 5) is 8.07. The second-order valence-corrected chi connectivity index (χ2v) is 5.60. The molecule has 4 heteroatoms. The number of piperidine rings is 1. The predicted octanol–water partition coefficient (Wildman–Crippen LogP) is 2.75. The van der Waals surface area contributed by atoms with Crippen molar-refractivity contribution in [2.75, 3.05) is 18.0 Å². The van der Waals surface area contributed by atoms with Gasteiger partial charge in [0.15, 0.2) is 5.13 Å². The molecule has 1 aromatic rings. The third-order valence-corrected chi connectivity index (χ3v) is 4.27. The smallest absolute Gasteiger partial charge is 0.185 e. The van der Waals surface area contributed by atoms with Gasteiger partial charge in [-0.1, -0.05) is 6.92 Å².